The van der Waals surface area contributed by atoms with Gasteiger partial charge in [-0.05, 0) is 53.8 Å². The quantitative estimate of drug-likeness (QED) is 0.877. The van der Waals surface area contributed by atoms with Crippen molar-refractivity contribution >= 4 is 10.8 Å². The highest BCUT2D eigenvalue weighted by atomic mass is 16.5. The fraction of sp³-hybridized carbons (Fsp3) is 0.375. The smallest absolute Gasteiger partial charge is 0.119 e. The minimum atomic E-state index is 0.301. The third kappa shape index (κ3) is 2.42. The minimum Gasteiger partial charge on any atom is -0.508 e. The van der Waals surface area contributed by atoms with E-state index < -0.39 is 0 Å². The Kier molecular flexibility index (Phi) is 3.09. The molecule has 1 N–H and O–H groups in total. The van der Waals surface area contributed by atoms with E-state index in [9.17, 15) is 5.11 Å². The maximum absolute atomic E-state index is 9.48. The first-order chi connectivity index (χ1) is 8.81. The van der Waals surface area contributed by atoms with E-state index in [4.69, 9.17) is 4.74 Å². The van der Waals surface area contributed by atoms with Gasteiger partial charge in [0.15, 0.2) is 0 Å². The topological polar surface area (TPSA) is 29.5 Å². The van der Waals surface area contributed by atoms with Gasteiger partial charge >= 0.3 is 0 Å². The fourth-order valence-electron chi connectivity index (χ4n) is 2.69. The summed E-state index contributed by atoms with van der Waals surface area (Å²) in [6.45, 7) is 0.824. The van der Waals surface area contributed by atoms with E-state index in [1.54, 1.807) is 12.1 Å². The lowest BCUT2D eigenvalue weighted by molar-refractivity contribution is 0.252. The van der Waals surface area contributed by atoms with Gasteiger partial charge in [-0.3, -0.25) is 0 Å². The summed E-state index contributed by atoms with van der Waals surface area (Å²) in [5, 5.41) is 11.6. The Labute approximate surface area is 107 Å². The van der Waals surface area contributed by atoms with Crippen LogP contribution in [0, 0.1) is 5.92 Å². The van der Waals surface area contributed by atoms with Gasteiger partial charge < -0.3 is 9.84 Å². The van der Waals surface area contributed by atoms with Gasteiger partial charge in [0.2, 0.25) is 0 Å². The third-order valence-corrected chi connectivity index (χ3v) is 3.76. The first kappa shape index (κ1) is 11.4. The van der Waals surface area contributed by atoms with Crippen LogP contribution in [0.5, 0.6) is 11.5 Å². The number of hydrogen-bond donors (Lipinski definition) is 1. The van der Waals surface area contributed by atoms with Crippen LogP contribution in [0.4, 0.5) is 0 Å². The molecular formula is C16H18O2. The molecule has 94 valence electrons. The average Bonchev–Trinajstić information content (AvgIpc) is 2.89. The molecule has 0 amide bonds. The molecule has 0 atom stereocenters. The highest BCUT2D eigenvalue weighted by Crippen LogP contribution is 2.27. The van der Waals surface area contributed by atoms with Crippen molar-refractivity contribution < 1.29 is 9.84 Å². The van der Waals surface area contributed by atoms with Gasteiger partial charge in [-0.15, -0.1) is 0 Å². The van der Waals surface area contributed by atoms with Crippen molar-refractivity contribution in [2.24, 2.45) is 5.92 Å². The summed E-state index contributed by atoms with van der Waals surface area (Å²) >= 11 is 0. The van der Waals surface area contributed by atoms with Gasteiger partial charge in [0.1, 0.15) is 11.5 Å². The summed E-state index contributed by atoms with van der Waals surface area (Å²) in [6, 6.07) is 11.5. The van der Waals surface area contributed by atoms with Crippen molar-refractivity contribution in [1.29, 1.82) is 0 Å². The number of benzene rings is 2. The van der Waals surface area contributed by atoms with Gasteiger partial charge in [-0.25, -0.2) is 0 Å². The van der Waals surface area contributed by atoms with E-state index in [0.717, 1.165) is 29.0 Å². The van der Waals surface area contributed by atoms with Gasteiger partial charge in [-0.2, -0.15) is 0 Å². The molecule has 2 aromatic rings. The van der Waals surface area contributed by atoms with Crippen LogP contribution in [-0.2, 0) is 0 Å². The van der Waals surface area contributed by atoms with Crippen molar-refractivity contribution in [3.8, 4) is 11.5 Å². The summed E-state index contributed by atoms with van der Waals surface area (Å²) in [4.78, 5) is 0. The van der Waals surface area contributed by atoms with Gasteiger partial charge in [0, 0.05) is 0 Å². The maximum Gasteiger partial charge on any atom is 0.119 e. The van der Waals surface area contributed by atoms with Crippen LogP contribution in [-0.4, -0.2) is 11.7 Å². The van der Waals surface area contributed by atoms with Crippen LogP contribution in [0.3, 0.4) is 0 Å². The highest BCUT2D eigenvalue weighted by molar-refractivity contribution is 5.85. The Bertz CT molecular complexity index is 542. The standard InChI is InChI=1S/C16H18O2/c17-15-7-5-13-6-8-16(10-14(13)9-15)18-11-12-3-1-2-4-12/h5-10,12,17H,1-4,11H2. The monoisotopic (exact) mass is 242 g/mol. The summed E-state index contributed by atoms with van der Waals surface area (Å²) in [5.74, 6) is 1.93. The van der Waals surface area contributed by atoms with E-state index in [2.05, 4.69) is 0 Å². The molecule has 1 aliphatic carbocycles. The molecule has 0 unspecified atom stereocenters. The van der Waals surface area contributed by atoms with Crippen LogP contribution in [0.25, 0.3) is 10.8 Å². The SMILES string of the molecule is Oc1ccc2ccc(OCC3CCCC3)cc2c1. The van der Waals surface area contributed by atoms with Crippen LogP contribution < -0.4 is 4.74 Å². The highest BCUT2D eigenvalue weighted by Gasteiger charge is 2.15. The number of phenols is 1. The van der Waals surface area contributed by atoms with Gasteiger partial charge in [0.05, 0.1) is 6.61 Å². The van der Waals surface area contributed by atoms with E-state index in [0.29, 0.717) is 5.75 Å². The summed E-state index contributed by atoms with van der Waals surface area (Å²) in [7, 11) is 0. The van der Waals surface area contributed by atoms with Crippen LogP contribution >= 0.6 is 0 Å². The predicted molar refractivity (Wildman–Crippen MR) is 73.1 cm³/mol. The molecule has 18 heavy (non-hydrogen) atoms. The van der Waals surface area contributed by atoms with E-state index >= 15 is 0 Å². The Morgan fingerprint density at radius 1 is 1.00 bits per heavy atom. The molecule has 3 rings (SSSR count). The molecule has 0 aromatic heterocycles. The number of phenolic OH excluding ortho intramolecular Hbond substituents is 1. The molecule has 0 bridgehead atoms. The van der Waals surface area contributed by atoms with Crippen molar-refractivity contribution in [1.82, 2.24) is 0 Å². The van der Waals surface area contributed by atoms with Crippen molar-refractivity contribution in [2.45, 2.75) is 25.7 Å². The van der Waals surface area contributed by atoms with Crippen LogP contribution in [0.1, 0.15) is 25.7 Å². The number of fused-ring (bicyclic) bond motifs is 1. The number of ether oxygens (including phenoxy) is 1. The molecular weight excluding hydrogens is 224 g/mol. The normalized spacial score (nSPS) is 16.2. The Hall–Kier alpha value is -1.70. The molecule has 1 saturated carbocycles. The Balaban J connectivity index is 1.75. The molecule has 0 radical (unpaired) electrons. The zero-order valence-electron chi connectivity index (χ0n) is 10.4. The van der Waals surface area contributed by atoms with E-state index in [1.807, 2.05) is 24.3 Å². The van der Waals surface area contributed by atoms with Gasteiger partial charge in [0.25, 0.3) is 0 Å². The number of aromatic hydroxyl groups is 1. The average molecular weight is 242 g/mol. The second-order valence-corrected chi connectivity index (χ2v) is 5.15. The summed E-state index contributed by atoms with van der Waals surface area (Å²) in [6.07, 6.45) is 5.29. The second-order valence-electron chi connectivity index (χ2n) is 5.15. The molecule has 0 aliphatic heterocycles. The molecule has 0 heterocycles. The maximum atomic E-state index is 9.48. The summed E-state index contributed by atoms with van der Waals surface area (Å²) < 4.78 is 5.86. The van der Waals surface area contributed by atoms with Crippen molar-refractivity contribution in [2.75, 3.05) is 6.61 Å². The lowest BCUT2D eigenvalue weighted by atomic mass is 10.1. The fourth-order valence-corrected chi connectivity index (χ4v) is 2.69. The molecule has 0 spiro atoms. The minimum absolute atomic E-state index is 0.301. The van der Waals surface area contributed by atoms with Crippen LogP contribution in [0.2, 0.25) is 0 Å². The zero-order valence-corrected chi connectivity index (χ0v) is 10.4. The molecule has 2 heteroatoms. The second kappa shape index (κ2) is 4.89. The molecule has 2 aromatic carbocycles. The number of rotatable bonds is 3. The lowest BCUT2D eigenvalue weighted by Gasteiger charge is -2.11. The number of hydrogen-bond acceptors (Lipinski definition) is 2. The van der Waals surface area contributed by atoms with Crippen LogP contribution in [0.15, 0.2) is 36.4 Å². The Morgan fingerprint density at radius 2 is 1.78 bits per heavy atom. The first-order valence-corrected chi connectivity index (χ1v) is 6.67. The van der Waals surface area contributed by atoms with Crippen molar-refractivity contribution in [3.05, 3.63) is 36.4 Å². The molecule has 0 saturated heterocycles. The van der Waals surface area contributed by atoms with E-state index in [1.165, 1.54) is 25.7 Å². The zero-order chi connectivity index (χ0) is 12.4. The first-order valence-electron chi connectivity index (χ1n) is 6.67. The lowest BCUT2D eigenvalue weighted by Crippen LogP contribution is -2.07. The molecule has 1 fully saturated rings. The third-order valence-electron chi connectivity index (χ3n) is 3.76. The predicted octanol–water partition coefficient (Wildman–Crippen LogP) is 4.11. The van der Waals surface area contributed by atoms with Crippen molar-refractivity contribution in [3.63, 3.8) is 0 Å². The molecule has 1 aliphatic rings. The van der Waals surface area contributed by atoms with Gasteiger partial charge in [-0.1, -0.05) is 25.0 Å². The largest absolute Gasteiger partial charge is 0.508 e. The molecule has 2 nitrogen and oxygen atoms in total. The Morgan fingerprint density at radius 3 is 2.61 bits per heavy atom. The van der Waals surface area contributed by atoms with E-state index in [-0.39, 0.29) is 0 Å². The summed E-state index contributed by atoms with van der Waals surface area (Å²) in [5.41, 5.74) is 0.